The predicted octanol–water partition coefficient (Wildman–Crippen LogP) is 1.89. The fourth-order valence-corrected chi connectivity index (χ4v) is 2.91. The molecule has 2 aromatic rings. The topological polar surface area (TPSA) is 73.1 Å². The van der Waals surface area contributed by atoms with E-state index in [2.05, 4.69) is 5.32 Å². The van der Waals surface area contributed by atoms with Crippen LogP contribution in [0, 0.1) is 17.2 Å². The Labute approximate surface area is 122 Å². The Bertz CT molecular complexity index is 694. The number of carbonyl (C=O) groups excluding carboxylic acids is 1. The van der Waals surface area contributed by atoms with Crippen LogP contribution in [0.3, 0.4) is 0 Å². The third-order valence-electron chi connectivity index (χ3n) is 3.89. The van der Waals surface area contributed by atoms with Crippen LogP contribution in [0.15, 0.2) is 60.7 Å². The molecule has 3 atom stereocenters. The number of carbonyl (C=O) groups is 1. The molecule has 104 valence electrons. The second-order valence-electron chi connectivity index (χ2n) is 5.12. The van der Waals surface area contributed by atoms with Crippen LogP contribution in [-0.2, 0) is 10.5 Å². The number of hydrogen-bond donors (Lipinski definition) is 2. The lowest BCUT2D eigenvalue weighted by molar-refractivity contribution is -0.123. The first-order chi connectivity index (χ1) is 10.2. The molecule has 3 rings (SSSR count). The van der Waals surface area contributed by atoms with Gasteiger partial charge in [0.1, 0.15) is 5.92 Å². The first-order valence-electron chi connectivity index (χ1n) is 6.71. The van der Waals surface area contributed by atoms with Crippen LogP contribution in [-0.4, -0.2) is 11.0 Å². The van der Waals surface area contributed by atoms with Crippen molar-refractivity contribution >= 4 is 5.91 Å². The molecule has 0 bridgehead atoms. The quantitative estimate of drug-likeness (QED) is 0.881. The van der Waals surface area contributed by atoms with E-state index in [1.807, 2.05) is 42.5 Å². The molecular formula is C17H14N2O2. The summed E-state index contributed by atoms with van der Waals surface area (Å²) >= 11 is 0. The number of nitrogens with zero attached hydrogens (tertiary/aromatic N) is 1. The largest absolute Gasteiger partial charge is 0.366 e. The number of benzene rings is 2. The second kappa shape index (κ2) is 5.04. The van der Waals surface area contributed by atoms with Crippen LogP contribution in [0.4, 0.5) is 0 Å². The van der Waals surface area contributed by atoms with Crippen molar-refractivity contribution in [1.29, 1.82) is 5.26 Å². The van der Waals surface area contributed by atoms with E-state index in [9.17, 15) is 15.2 Å². The maximum absolute atomic E-state index is 12.1. The Balaban J connectivity index is 2.15. The van der Waals surface area contributed by atoms with Crippen LogP contribution in [0.5, 0.6) is 0 Å². The van der Waals surface area contributed by atoms with E-state index < -0.39 is 23.5 Å². The average molecular weight is 278 g/mol. The normalized spacial score (nSPS) is 27.9. The number of amides is 1. The van der Waals surface area contributed by atoms with Crippen molar-refractivity contribution in [3.05, 3.63) is 71.8 Å². The van der Waals surface area contributed by atoms with Crippen molar-refractivity contribution in [1.82, 2.24) is 5.32 Å². The third kappa shape index (κ3) is 2.08. The molecule has 1 aliphatic heterocycles. The monoisotopic (exact) mass is 278 g/mol. The van der Waals surface area contributed by atoms with Gasteiger partial charge in [-0.2, -0.15) is 5.26 Å². The molecule has 0 radical (unpaired) electrons. The minimum atomic E-state index is -1.57. The zero-order valence-corrected chi connectivity index (χ0v) is 11.2. The maximum atomic E-state index is 12.1. The van der Waals surface area contributed by atoms with Crippen LogP contribution >= 0.6 is 0 Å². The van der Waals surface area contributed by atoms with E-state index in [-0.39, 0.29) is 0 Å². The van der Waals surface area contributed by atoms with Crippen LogP contribution < -0.4 is 5.32 Å². The second-order valence-corrected chi connectivity index (χ2v) is 5.12. The number of rotatable bonds is 2. The lowest BCUT2D eigenvalue weighted by Crippen LogP contribution is -2.42. The molecule has 1 fully saturated rings. The van der Waals surface area contributed by atoms with E-state index in [1.165, 1.54) is 0 Å². The van der Waals surface area contributed by atoms with Gasteiger partial charge in [-0.15, -0.1) is 0 Å². The summed E-state index contributed by atoms with van der Waals surface area (Å²) in [5, 5.41) is 23.0. The molecule has 0 aromatic heterocycles. The van der Waals surface area contributed by atoms with Crippen LogP contribution in [0.2, 0.25) is 0 Å². The Hall–Kier alpha value is -2.64. The smallest absolute Gasteiger partial charge is 0.240 e. The lowest BCUT2D eigenvalue weighted by Gasteiger charge is -2.30. The van der Waals surface area contributed by atoms with Crippen molar-refractivity contribution in [2.24, 2.45) is 5.92 Å². The minimum absolute atomic E-state index is 0.447. The fraction of sp³-hybridized carbons (Fsp3) is 0.176. The molecule has 1 saturated heterocycles. The number of hydrogen-bond acceptors (Lipinski definition) is 3. The summed E-state index contributed by atoms with van der Waals surface area (Å²) < 4.78 is 0. The lowest BCUT2D eigenvalue weighted by atomic mass is 9.79. The average Bonchev–Trinajstić information content (AvgIpc) is 2.80. The molecule has 0 aliphatic carbocycles. The summed E-state index contributed by atoms with van der Waals surface area (Å²) in [6.45, 7) is 0. The van der Waals surface area contributed by atoms with E-state index in [0.29, 0.717) is 5.56 Å². The molecule has 2 N–H and O–H groups in total. The third-order valence-corrected chi connectivity index (χ3v) is 3.89. The van der Waals surface area contributed by atoms with Gasteiger partial charge < -0.3 is 10.4 Å². The highest BCUT2D eigenvalue weighted by Gasteiger charge is 2.54. The van der Waals surface area contributed by atoms with E-state index in [4.69, 9.17) is 0 Å². The predicted molar refractivity (Wildman–Crippen MR) is 76.8 cm³/mol. The van der Waals surface area contributed by atoms with Crippen molar-refractivity contribution in [3.8, 4) is 6.07 Å². The summed E-state index contributed by atoms with van der Waals surface area (Å²) in [5.74, 6) is -2.01. The summed E-state index contributed by atoms with van der Waals surface area (Å²) in [4.78, 5) is 12.1. The van der Waals surface area contributed by atoms with E-state index in [1.54, 1.807) is 24.3 Å². The maximum Gasteiger partial charge on any atom is 0.240 e. The molecule has 2 aromatic carbocycles. The van der Waals surface area contributed by atoms with Gasteiger partial charge in [0, 0.05) is 5.56 Å². The number of nitriles is 1. The van der Waals surface area contributed by atoms with Crippen molar-refractivity contribution in [2.75, 3.05) is 0 Å². The highest BCUT2D eigenvalue weighted by molar-refractivity contribution is 5.86. The molecule has 21 heavy (non-hydrogen) atoms. The first-order valence-corrected chi connectivity index (χ1v) is 6.71. The Morgan fingerprint density at radius 3 is 2.19 bits per heavy atom. The van der Waals surface area contributed by atoms with Crippen molar-refractivity contribution in [3.63, 3.8) is 0 Å². The van der Waals surface area contributed by atoms with Gasteiger partial charge in [0.2, 0.25) is 5.91 Å². The van der Waals surface area contributed by atoms with Gasteiger partial charge >= 0.3 is 0 Å². The molecule has 1 heterocycles. The number of aliphatic hydroxyl groups is 1. The van der Waals surface area contributed by atoms with Gasteiger partial charge in [-0.25, -0.2) is 0 Å². The number of nitrogens with one attached hydrogen (secondary N) is 1. The van der Waals surface area contributed by atoms with Gasteiger partial charge in [-0.05, 0) is 5.56 Å². The minimum Gasteiger partial charge on any atom is -0.366 e. The highest BCUT2D eigenvalue weighted by Crippen LogP contribution is 2.44. The zero-order chi connectivity index (χ0) is 14.9. The van der Waals surface area contributed by atoms with Gasteiger partial charge in [-0.3, -0.25) is 4.79 Å². The highest BCUT2D eigenvalue weighted by atomic mass is 16.3. The molecule has 0 spiro atoms. The van der Waals surface area contributed by atoms with E-state index >= 15 is 0 Å². The fourth-order valence-electron chi connectivity index (χ4n) is 2.91. The Kier molecular flexibility index (Phi) is 3.20. The summed E-state index contributed by atoms with van der Waals surface area (Å²) in [5.41, 5.74) is -0.237. The SMILES string of the molecule is N#CC1C(=O)NC(O)(c2ccccc2)C1c1ccccc1. The molecule has 0 saturated carbocycles. The van der Waals surface area contributed by atoms with Gasteiger partial charge in [0.15, 0.2) is 5.72 Å². The van der Waals surface area contributed by atoms with Gasteiger partial charge in [0.25, 0.3) is 0 Å². The van der Waals surface area contributed by atoms with Gasteiger partial charge in [-0.1, -0.05) is 60.7 Å². The molecule has 3 unspecified atom stereocenters. The van der Waals surface area contributed by atoms with Crippen molar-refractivity contribution in [2.45, 2.75) is 11.6 Å². The molecule has 1 aliphatic rings. The Morgan fingerprint density at radius 2 is 1.62 bits per heavy atom. The molecule has 1 amide bonds. The summed E-state index contributed by atoms with van der Waals surface area (Å²) in [6.07, 6.45) is 0. The first kappa shape index (κ1) is 13.3. The zero-order valence-electron chi connectivity index (χ0n) is 11.2. The Morgan fingerprint density at radius 1 is 1.05 bits per heavy atom. The standard InChI is InChI=1S/C17H14N2O2/c18-11-14-15(12-7-3-1-4-8-12)17(21,19-16(14)20)13-9-5-2-6-10-13/h1-10,14-15,21H,(H,19,20). The molecule has 4 nitrogen and oxygen atoms in total. The van der Waals surface area contributed by atoms with Crippen LogP contribution in [0.25, 0.3) is 0 Å². The molecular weight excluding hydrogens is 264 g/mol. The van der Waals surface area contributed by atoms with E-state index in [0.717, 1.165) is 5.56 Å². The summed E-state index contributed by atoms with van der Waals surface area (Å²) in [6, 6.07) is 20.1. The van der Waals surface area contributed by atoms with Crippen molar-refractivity contribution < 1.29 is 9.90 Å². The van der Waals surface area contributed by atoms with Gasteiger partial charge in [0.05, 0.1) is 12.0 Å². The van der Waals surface area contributed by atoms with Crippen LogP contribution in [0.1, 0.15) is 17.0 Å². The summed E-state index contributed by atoms with van der Waals surface area (Å²) in [7, 11) is 0. The molecule has 4 heteroatoms.